The summed E-state index contributed by atoms with van der Waals surface area (Å²) in [5.41, 5.74) is 2.63. The largest absolute Gasteiger partial charge is 0.490 e. The number of hydrogen-bond acceptors (Lipinski definition) is 4. The topological polar surface area (TPSA) is 79.5 Å². The van der Waals surface area contributed by atoms with Crippen LogP contribution >= 0.6 is 0 Å². The number of aromatic nitrogens is 2. The lowest BCUT2D eigenvalue weighted by molar-refractivity contribution is 0.160. The molecule has 1 saturated heterocycles. The number of amides is 2. The molecule has 3 heterocycles. The van der Waals surface area contributed by atoms with Gasteiger partial charge < -0.3 is 24.7 Å². The van der Waals surface area contributed by atoms with E-state index in [1.807, 2.05) is 47.4 Å². The van der Waals surface area contributed by atoms with Crippen molar-refractivity contribution in [1.29, 1.82) is 0 Å². The van der Waals surface area contributed by atoms with Gasteiger partial charge in [0.1, 0.15) is 5.82 Å². The molecule has 1 fully saturated rings. The van der Waals surface area contributed by atoms with Crippen molar-refractivity contribution >= 4 is 22.8 Å². The van der Waals surface area contributed by atoms with Crippen molar-refractivity contribution in [1.82, 2.24) is 14.9 Å². The van der Waals surface area contributed by atoms with Crippen LogP contribution in [0.1, 0.15) is 37.5 Å². The summed E-state index contributed by atoms with van der Waals surface area (Å²) < 4.78 is 11.4. The van der Waals surface area contributed by atoms with Crippen LogP contribution in [0.4, 0.5) is 10.5 Å². The second kappa shape index (κ2) is 7.66. The second-order valence-electron chi connectivity index (χ2n) is 7.49. The smallest absolute Gasteiger partial charge is 0.322 e. The van der Waals surface area contributed by atoms with Crippen LogP contribution in [0, 0.1) is 0 Å². The Hall–Kier alpha value is -3.22. The fourth-order valence-corrected chi connectivity index (χ4v) is 4.03. The fraction of sp³-hybridized carbons (Fsp3) is 0.364. The summed E-state index contributed by atoms with van der Waals surface area (Å²) in [6, 6.07) is 13.3. The number of para-hydroxylation sites is 2. The molecule has 3 aromatic rings. The quantitative estimate of drug-likeness (QED) is 0.674. The molecule has 2 N–H and O–H groups in total. The van der Waals surface area contributed by atoms with Gasteiger partial charge in [0.25, 0.3) is 0 Å². The minimum atomic E-state index is -0.121. The summed E-state index contributed by atoms with van der Waals surface area (Å²) in [6.45, 7) is 1.97. The van der Waals surface area contributed by atoms with Crippen LogP contribution in [0.2, 0.25) is 0 Å². The van der Waals surface area contributed by atoms with Crippen molar-refractivity contribution in [3.63, 3.8) is 0 Å². The third-order valence-corrected chi connectivity index (χ3v) is 5.49. The molecule has 0 saturated carbocycles. The van der Waals surface area contributed by atoms with E-state index in [1.165, 1.54) is 0 Å². The molecule has 150 valence electrons. The van der Waals surface area contributed by atoms with Crippen LogP contribution < -0.4 is 14.8 Å². The SMILES string of the molecule is O=C(Nc1ccc2c(c1)OCCCO2)N1CCCCC1c1nc2ccccc2[nH]1. The molecule has 0 radical (unpaired) electrons. The number of nitrogens with zero attached hydrogens (tertiary/aromatic N) is 2. The molecule has 2 aliphatic rings. The normalized spacial score (nSPS) is 19.0. The van der Waals surface area contributed by atoms with Crippen molar-refractivity contribution in [3.8, 4) is 11.5 Å². The number of nitrogens with one attached hydrogen (secondary N) is 2. The Morgan fingerprint density at radius 1 is 1.07 bits per heavy atom. The zero-order chi connectivity index (χ0) is 19.6. The highest BCUT2D eigenvalue weighted by atomic mass is 16.5. The Bertz CT molecular complexity index is 999. The van der Waals surface area contributed by atoms with Gasteiger partial charge in [0.2, 0.25) is 0 Å². The average molecular weight is 392 g/mol. The number of anilines is 1. The highest BCUT2D eigenvalue weighted by Gasteiger charge is 2.30. The maximum absolute atomic E-state index is 13.1. The third-order valence-electron chi connectivity index (χ3n) is 5.49. The Balaban J connectivity index is 1.36. The first kappa shape index (κ1) is 17.8. The van der Waals surface area contributed by atoms with E-state index in [4.69, 9.17) is 14.5 Å². The molecular formula is C22H24N4O3. The number of H-pyrrole nitrogens is 1. The molecule has 7 nitrogen and oxygen atoms in total. The highest BCUT2D eigenvalue weighted by molar-refractivity contribution is 5.90. The van der Waals surface area contributed by atoms with Gasteiger partial charge in [0.05, 0.1) is 30.3 Å². The van der Waals surface area contributed by atoms with E-state index < -0.39 is 0 Å². The summed E-state index contributed by atoms with van der Waals surface area (Å²) in [7, 11) is 0. The van der Waals surface area contributed by atoms with E-state index in [1.54, 1.807) is 0 Å². The lowest BCUT2D eigenvalue weighted by Gasteiger charge is -2.34. The van der Waals surface area contributed by atoms with Gasteiger partial charge in [0, 0.05) is 24.7 Å². The first-order valence-corrected chi connectivity index (χ1v) is 10.2. The molecule has 0 spiro atoms. The van der Waals surface area contributed by atoms with Crippen molar-refractivity contribution in [2.24, 2.45) is 0 Å². The highest BCUT2D eigenvalue weighted by Crippen LogP contribution is 2.34. The van der Waals surface area contributed by atoms with Crippen LogP contribution in [0.5, 0.6) is 11.5 Å². The predicted molar refractivity (Wildman–Crippen MR) is 110 cm³/mol. The van der Waals surface area contributed by atoms with Gasteiger partial charge in [-0.2, -0.15) is 0 Å². The summed E-state index contributed by atoms with van der Waals surface area (Å²) >= 11 is 0. The minimum absolute atomic E-state index is 0.0587. The Morgan fingerprint density at radius 2 is 1.93 bits per heavy atom. The average Bonchev–Trinajstić information content (AvgIpc) is 3.05. The van der Waals surface area contributed by atoms with Gasteiger partial charge in [-0.25, -0.2) is 9.78 Å². The van der Waals surface area contributed by atoms with E-state index in [0.717, 1.165) is 48.3 Å². The zero-order valence-corrected chi connectivity index (χ0v) is 16.2. The number of carbonyl (C=O) groups excluding carboxylic acids is 1. The Labute approximate surface area is 169 Å². The van der Waals surface area contributed by atoms with Gasteiger partial charge in [-0.15, -0.1) is 0 Å². The van der Waals surface area contributed by atoms with Crippen LogP contribution in [-0.2, 0) is 0 Å². The van der Waals surface area contributed by atoms with Gasteiger partial charge in [0.15, 0.2) is 11.5 Å². The van der Waals surface area contributed by atoms with Crippen LogP contribution in [0.25, 0.3) is 11.0 Å². The van der Waals surface area contributed by atoms with Gasteiger partial charge in [-0.05, 0) is 43.5 Å². The maximum Gasteiger partial charge on any atom is 0.322 e. The molecule has 1 aromatic heterocycles. The molecule has 2 amide bonds. The van der Waals surface area contributed by atoms with Crippen molar-refractivity contribution in [2.75, 3.05) is 25.1 Å². The molecule has 5 rings (SSSR count). The number of benzene rings is 2. The minimum Gasteiger partial charge on any atom is -0.490 e. The molecule has 7 heteroatoms. The molecule has 2 aromatic carbocycles. The van der Waals surface area contributed by atoms with Crippen molar-refractivity contribution < 1.29 is 14.3 Å². The zero-order valence-electron chi connectivity index (χ0n) is 16.2. The van der Waals surface area contributed by atoms with E-state index in [9.17, 15) is 4.79 Å². The fourth-order valence-electron chi connectivity index (χ4n) is 4.03. The van der Waals surface area contributed by atoms with E-state index in [2.05, 4.69) is 10.3 Å². The van der Waals surface area contributed by atoms with Crippen LogP contribution in [0.15, 0.2) is 42.5 Å². The Morgan fingerprint density at radius 3 is 2.83 bits per heavy atom. The summed E-state index contributed by atoms with van der Waals surface area (Å²) in [5, 5.41) is 3.03. The summed E-state index contributed by atoms with van der Waals surface area (Å²) in [6.07, 6.45) is 3.82. The third kappa shape index (κ3) is 3.60. The predicted octanol–water partition coefficient (Wildman–Crippen LogP) is 4.48. The lowest BCUT2D eigenvalue weighted by Crippen LogP contribution is -2.41. The first-order chi connectivity index (χ1) is 14.3. The molecule has 1 atom stereocenters. The maximum atomic E-state index is 13.1. The number of urea groups is 1. The number of piperidine rings is 1. The van der Waals surface area contributed by atoms with Gasteiger partial charge in [-0.1, -0.05) is 12.1 Å². The number of likely N-dealkylation sites (tertiary alicyclic amines) is 1. The molecular weight excluding hydrogens is 368 g/mol. The second-order valence-corrected chi connectivity index (χ2v) is 7.49. The van der Waals surface area contributed by atoms with Gasteiger partial charge in [-0.3, -0.25) is 0 Å². The number of rotatable bonds is 2. The lowest BCUT2D eigenvalue weighted by atomic mass is 10.0. The van der Waals surface area contributed by atoms with Crippen molar-refractivity contribution in [3.05, 3.63) is 48.3 Å². The molecule has 1 unspecified atom stereocenters. The summed E-state index contributed by atoms with van der Waals surface area (Å²) in [5.74, 6) is 2.24. The van der Waals surface area contributed by atoms with Crippen LogP contribution in [0.3, 0.4) is 0 Å². The van der Waals surface area contributed by atoms with Crippen molar-refractivity contribution in [2.45, 2.75) is 31.7 Å². The number of imidazole rings is 1. The number of aromatic amines is 1. The molecule has 0 aliphatic carbocycles. The molecule has 29 heavy (non-hydrogen) atoms. The van der Waals surface area contributed by atoms with E-state index in [0.29, 0.717) is 31.2 Å². The van der Waals surface area contributed by atoms with Crippen LogP contribution in [-0.4, -0.2) is 40.7 Å². The first-order valence-electron chi connectivity index (χ1n) is 10.2. The molecule has 2 aliphatic heterocycles. The number of hydrogen-bond donors (Lipinski definition) is 2. The number of carbonyl (C=O) groups is 1. The monoisotopic (exact) mass is 392 g/mol. The standard InChI is InChI=1S/C22H24N4O3/c27-22(23-15-9-10-19-20(14-15)29-13-5-12-28-19)26-11-4-3-8-18(26)21-24-16-6-1-2-7-17(16)25-21/h1-2,6-7,9-10,14,18H,3-5,8,11-13H2,(H,23,27)(H,24,25). The van der Waals surface area contributed by atoms with E-state index in [-0.39, 0.29) is 12.1 Å². The van der Waals surface area contributed by atoms with Gasteiger partial charge >= 0.3 is 6.03 Å². The number of fused-ring (bicyclic) bond motifs is 2. The van der Waals surface area contributed by atoms with E-state index >= 15 is 0 Å². The number of ether oxygens (including phenoxy) is 2. The Kier molecular flexibility index (Phi) is 4.71. The molecule has 0 bridgehead atoms. The summed E-state index contributed by atoms with van der Waals surface area (Å²) in [4.78, 5) is 23.1.